The number of allylic oxidation sites excluding steroid dienone is 2. The van der Waals surface area contributed by atoms with Gasteiger partial charge < -0.3 is 45.1 Å². The third-order valence-electron chi connectivity index (χ3n) is 11.3. The van der Waals surface area contributed by atoms with Gasteiger partial charge in [0.15, 0.2) is 5.75 Å². The molecule has 288 valence electrons. The first-order valence-electron chi connectivity index (χ1n) is 18.1. The largest absolute Gasteiger partial charge is 0.507 e. The van der Waals surface area contributed by atoms with Gasteiger partial charge >= 0.3 is 5.79 Å². The van der Waals surface area contributed by atoms with E-state index in [9.17, 15) is 35.1 Å². The zero-order valence-corrected chi connectivity index (χ0v) is 31.9. The maximum Gasteiger partial charge on any atom is 0.312 e. The van der Waals surface area contributed by atoms with Crippen LogP contribution in [0, 0.1) is 37.5 Å². The van der Waals surface area contributed by atoms with Crippen molar-refractivity contribution in [3.05, 3.63) is 71.2 Å². The van der Waals surface area contributed by atoms with Crippen molar-refractivity contribution in [1.82, 2.24) is 9.38 Å². The molecule has 4 aromatic rings. The molecule has 2 aliphatic rings. The van der Waals surface area contributed by atoms with Gasteiger partial charge in [-0.3, -0.25) is 14.0 Å². The number of methoxy groups -OCH3 is 1. The average molecular weight is 744 g/mol. The van der Waals surface area contributed by atoms with Crippen LogP contribution < -0.4 is 10.1 Å². The number of aliphatic hydroxyl groups excluding tert-OH is 3. The molecule has 54 heavy (non-hydrogen) atoms. The Balaban J connectivity index is 1.58. The number of nitrogens with one attached hydrogen (secondary N) is 1. The Kier molecular flexibility index (Phi) is 10.3. The van der Waals surface area contributed by atoms with Gasteiger partial charge in [-0.25, -0.2) is 4.98 Å². The fourth-order valence-corrected chi connectivity index (χ4v) is 7.64. The van der Waals surface area contributed by atoms with Gasteiger partial charge in [0.05, 0.1) is 41.6 Å². The van der Waals surface area contributed by atoms with Gasteiger partial charge in [-0.05, 0) is 44.5 Å². The summed E-state index contributed by atoms with van der Waals surface area (Å²) in [4.78, 5) is 33.0. The first-order valence-corrected chi connectivity index (χ1v) is 18.1. The van der Waals surface area contributed by atoms with E-state index in [0.29, 0.717) is 5.65 Å². The summed E-state index contributed by atoms with van der Waals surface area (Å²) in [5.41, 5.74) is 2.27. The lowest BCUT2D eigenvalue weighted by Crippen LogP contribution is -2.44. The highest BCUT2D eigenvalue weighted by atomic mass is 16.7. The number of ketones is 1. The molecule has 2 unspecified atom stereocenters. The molecule has 13 heteroatoms. The number of phenolic OH excluding ortho intramolecular Hbond substituents is 2. The molecule has 2 aromatic heterocycles. The fourth-order valence-electron chi connectivity index (χ4n) is 7.64. The van der Waals surface area contributed by atoms with Crippen LogP contribution in [-0.4, -0.2) is 83.9 Å². The van der Waals surface area contributed by atoms with Crippen LogP contribution in [0.25, 0.3) is 27.5 Å². The lowest BCUT2D eigenvalue weighted by molar-refractivity contribution is -0.112. The van der Waals surface area contributed by atoms with Gasteiger partial charge in [-0.2, -0.15) is 0 Å². The number of carbonyl (C=O) groups is 2. The van der Waals surface area contributed by atoms with Crippen LogP contribution in [0.1, 0.15) is 63.0 Å². The maximum absolute atomic E-state index is 14.5. The number of Topliss-reactive ketones (excluding diaryl/α,β-unsaturated/α-hetero) is 1. The van der Waals surface area contributed by atoms with Gasteiger partial charge in [-0.1, -0.05) is 45.9 Å². The van der Waals surface area contributed by atoms with Crippen molar-refractivity contribution < 1.29 is 49.3 Å². The van der Waals surface area contributed by atoms with Gasteiger partial charge in [-0.15, -0.1) is 0 Å². The van der Waals surface area contributed by atoms with E-state index in [1.165, 1.54) is 26.4 Å². The second kappa shape index (κ2) is 14.4. The standard InChI is InChI=1S/C41H49N3O10/c1-18-13-15-44-26(17-18)42-30-27-28-36(48)24(7)38-29(27)39(50)41(8,54-38)53-16-14-25(52-9)21(4)34(46)23(6)35(47)22(5)33(45)19(2)11-10-12-20(3)40(51)43-31(32(30)44)37(28)49/h10-17,19,21-23,25,33-35,45-49H,1-9H3,(H,43,51)/t19-,21+,22+,23-,25-,33?,34?,35+,41-/m0/s1. The third-order valence-corrected chi connectivity index (χ3v) is 11.3. The topological polar surface area (TPSA) is 192 Å². The average Bonchev–Trinajstić information content (AvgIpc) is 3.64. The van der Waals surface area contributed by atoms with E-state index in [1.54, 1.807) is 70.4 Å². The van der Waals surface area contributed by atoms with E-state index >= 15 is 0 Å². The number of phenols is 2. The zero-order valence-electron chi connectivity index (χ0n) is 31.9. The number of benzene rings is 2. The van der Waals surface area contributed by atoms with Crippen molar-refractivity contribution in [3.63, 3.8) is 0 Å². The first-order chi connectivity index (χ1) is 25.4. The number of pyridine rings is 1. The molecule has 0 saturated carbocycles. The molecule has 4 heterocycles. The van der Waals surface area contributed by atoms with E-state index in [0.717, 1.165) is 5.56 Å². The summed E-state index contributed by atoms with van der Waals surface area (Å²) in [5, 5.41) is 60.2. The molecule has 9 atom stereocenters. The van der Waals surface area contributed by atoms with Crippen LogP contribution in [0.3, 0.4) is 0 Å². The number of anilines is 1. The Labute approximate surface area is 313 Å². The third kappa shape index (κ3) is 6.28. The summed E-state index contributed by atoms with van der Waals surface area (Å²) in [6.45, 7) is 13.4. The number of aliphatic hydroxyl groups is 3. The van der Waals surface area contributed by atoms with Gasteiger partial charge in [0.25, 0.3) is 11.7 Å². The molecular weight excluding hydrogens is 694 g/mol. The van der Waals surface area contributed by atoms with E-state index < -0.39 is 71.3 Å². The minimum absolute atomic E-state index is 0.0318. The second-order valence-corrected chi connectivity index (χ2v) is 15.0. The normalized spacial score (nSPS) is 29.9. The Morgan fingerprint density at radius 1 is 0.926 bits per heavy atom. The molecule has 0 saturated heterocycles. The van der Waals surface area contributed by atoms with Crippen molar-refractivity contribution in [2.24, 2.45) is 23.7 Å². The summed E-state index contributed by atoms with van der Waals surface area (Å²) in [6, 6.07) is 3.65. The van der Waals surface area contributed by atoms with Crippen molar-refractivity contribution in [3.8, 4) is 17.2 Å². The van der Waals surface area contributed by atoms with Crippen molar-refractivity contribution in [2.45, 2.75) is 85.6 Å². The molecule has 0 fully saturated rings. The molecule has 13 nitrogen and oxygen atoms in total. The van der Waals surface area contributed by atoms with E-state index in [4.69, 9.17) is 19.2 Å². The molecule has 2 aliphatic heterocycles. The Morgan fingerprint density at radius 2 is 1.59 bits per heavy atom. The SMILES string of the molecule is CO[C@H]1C=CO[C@@]2(C)Oc3c(C)c(O)c4c(O)c(c5c(nc6cc(C)ccn65)c4c3C2=O)NC(=O)C(C)=CC=C[C@H](C)C(O)[C@@H](C)[C@@H](O)[C@@H](C)C(O)[C@@H]1C. The van der Waals surface area contributed by atoms with Crippen LogP contribution in [0.4, 0.5) is 5.69 Å². The molecule has 6 rings (SSSR count). The summed E-state index contributed by atoms with van der Waals surface area (Å²) in [6.07, 6.45) is 5.55. The number of aromatic nitrogens is 2. The Bertz CT molecular complexity index is 2260. The number of aryl methyl sites for hydroxylation is 1. The van der Waals surface area contributed by atoms with E-state index in [1.807, 2.05) is 19.1 Å². The zero-order chi connectivity index (χ0) is 39.5. The summed E-state index contributed by atoms with van der Waals surface area (Å²) < 4.78 is 19.5. The number of aromatic hydroxyl groups is 2. The number of hydrogen-bond donors (Lipinski definition) is 6. The van der Waals surface area contributed by atoms with Crippen LogP contribution in [0.2, 0.25) is 0 Å². The van der Waals surface area contributed by atoms with Crippen molar-refractivity contribution in [1.29, 1.82) is 0 Å². The van der Waals surface area contributed by atoms with Crippen LogP contribution >= 0.6 is 0 Å². The summed E-state index contributed by atoms with van der Waals surface area (Å²) >= 11 is 0. The number of carbonyl (C=O) groups excluding carboxylic acids is 2. The smallest absolute Gasteiger partial charge is 0.312 e. The predicted octanol–water partition coefficient (Wildman–Crippen LogP) is 5.59. The lowest BCUT2D eigenvalue weighted by atomic mass is 9.78. The predicted molar refractivity (Wildman–Crippen MR) is 204 cm³/mol. The highest BCUT2D eigenvalue weighted by molar-refractivity contribution is 6.28. The molecule has 6 N–H and O–H groups in total. The first kappa shape index (κ1) is 38.8. The number of imidazole rings is 1. The fraction of sp³-hybridized carbons (Fsp3) is 0.439. The van der Waals surface area contributed by atoms with Gasteiger partial charge in [0, 0.05) is 60.4 Å². The lowest BCUT2D eigenvalue weighted by Gasteiger charge is -2.36. The molecule has 4 bridgehead atoms. The number of fused-ring (bicyclic) bond motifs is 2. The van der Waals surface area contributed by atoms with E-state index in [2.05, 4.69) is 5.32 Å². The Hall–Kier alpha value is -4.95. The molecule has 0 radical (unpaired) electrons. The van der Waals surface area contributed by atoms with Crippen molar-refractivity contribution in [2.75, 3.05) is 12.4 Å². The van der Waals surface area contributed by atoms with Crippen LogP contribution in [0.15, 0.2) is 54.5 Å². The number of ether oxygens (including phenoxy) is 3. The molecule has 2 aromatic carbocycles. The van der Waals surface area contributed by atoms with Gasteiger partial charge in [0.2, 0.25) is 0 Å². The van der Waals surface area contributed by atoms with Crippen molar-refractivity contribution >= 4 is 44.8 Å². The molecular formula is C41H49N3O10. The molecule has 1 amide bonds. The van der Waals surface area contributed by atoms with E-state index in [-0.39, 0.29) is 55.7 Å². The van der Waals surface area contributed by atoms with Gasteiger partial charge in [0.1, 0.15) is 33.9 Å². The summed E-state index contributed by atoms with van der Waals surface area (Å²) in [5.74, 6) is -6.23. The monoisotopic (exact) mass is 743 g/mol. The quantitative estimate of drug-likeness (QED) is 0.133. The number of amides is 1. The summed E-state index contributed by atoms with van der Waals surface area (Å²) in [7, 11) is 1.46. The highest BCUT2D eigenvalue weighted by Gasteiger charge is 2.49. The maximum atomic E-state index is 14.5. The number of hydrogen-bond acceptors (Lipinski definition) is 11. The Morgan fingerprint density at radius 3 is 2.28 bits per heavy atom. The van der Waals surface area contributed by atoms with Crippen LogP contribution in [0.5, 0.6) is 17.2 Å². The van der Waals surface area contributed by atoms with Crippen LogP contribution in [-0.2, 0) is 14.3 Å². The molecule has 0 aliphatic carbocycles. The molecule has 0 spiro atoms. The minimum Gasteiger partial charge on any atom is -0.507 e. The second-order valence-electron chi connectivity index (χ2n) is 15.0. The number of rotatable bonds is 1. The number of nitrogens with zero attached hydrogens (tertiary/aromatic N) is 2. The minimum atomic E-state index is -1.93. The highest BCUT2D eigenvalue weighted by Crippen LogP contribution is 2.54.